The van der Waals surface area contributed by atoms with Crippen molar-refractivity contribution in [3.05, 3.63) is 35.9 Å². The summed E-state index contributed by atoms with van der Waals surface area (Å²) in [5.74, 6) is -0.302. The number of carbonyl (C=O) groups excluding carboxylic acids is 2. The third-order valence-electron chi connectivity index (χ3n) is 5.22. The lowest BCUT2D eigenvalue weighted by Crippen LogP contribution is -2.65. The van der Waals surface area contributed by atoms with Gasteiger partial charge < -0.3 is 14.2 Å². The summed E-state index contributed by atoms with van der Waals surface area (Å²) in [6, 6.07) is 9.42. The molecular formula is C22H32N2O5. The molecule has 0 radical (unpaired) electrons. The van der Waals surface area contributed by atoms with E-state index < -0.39 is 17.6 Å². The van der Waals surface area contributed by atoms with Gasteiger partial charge in [-0.2, -0.15) is 0 Å². The molecule has 2 aliphatic rings. The molecule has 3 rings (SSSR count). The first-order valence-electron chi connectivity index (χ1n) is 10.3. The maximum absolute atomic E-state index is 12.8. The fourth-order valence-electron chi connectivity index (χ4n) is 3.84. The highest BCUT2D eigenvalue weighted by molar-refractivity contribution is 5.73. The Morgan fingerprint density at radius 1 is 1.28 bits per heavy atom. The number of benzene rings is 1. The summed E-state index contributed by atoms with van der Waals surface area (Å²) in [5.41, 5.74) is -0.190. The average Bonchev–Trinajstić information content (AvgIpc) is 2.98. The topological polar surface area (TPSA) is 77.1 Å². The molecule has 3 unspecified atom stereocenters. The van der Waals surface area contributed by atoms with Crippen molar-refractivity contribution in [1.29, 1.82) is 0 Å². The number of ether oxygens (including phenoxy) is 3. The minimum absolute atomic E-state index is 0.206. The number of rotatable bonds is 5. The molecule has 2 saturated heterocycles. The zero-order valence-electron chi connectivity index (χ0n) is 17.8. The van der Waals surface area contributed by atoms with E-state index in [1.807, 2.05) is 58.0 Å². The lowest BCUT2D eigenvalue weighted by Gasteiger charge is -2.47. The van der Waals surface area contributed by atoms with E-state index in [4.69, 9.17) is 14.2 Å². The number of hydrogen-bond donors (Lipinski definition) is 1. The van der Waals surface area contributed by atoms with Gasteiger partial charge in [0, 0.05) is 6.54 Å². The minimum atomic E-state index is -0.693. The van der Waals surface area contributed by atoms with Crippen molar-refractivity contribution < 1.29 is 23.8 Å². The van der Waals surface area contributed by atoms with Crippen LogP contribution in [0.5, 0.6) is 0 Å². The molecule has 2 aliphatic heterocycles. The van der Waals surface area contributed by atoms with E-state index in [1.54, 1.807) is 4.90 Å². The smallest absolute Gasteiger partial charge is 0.411 e. The summed E-state index contributed by atoms with van der Waals surface area (Å²) in [6.07, 6.45) is 1.84. The minimum Gasteiger partial charge on any atom is -0.444 e. The molecule has 1 N–H and O–H groups in total. The second kappa shape index (κ2) is 8.71. The number of carbonyl (C=O) groups is 2. The molecule has 0 aliphatic carbocycles. The molecule has 1 amide bonds. The Morgan fingerprint density at radius 3 is 2.69 bits per heavy atom. The first-order chi connectivity index (χ1) is 13.7. The third kappa shape index (κ3) is 5.70. The highest BCUT2D eigenvalue weighted by Crippen LogP contribution is 2.30. The quantitative estimate of drug-likeness (QED) is 0.756. The normalized spacial score (nSPS) is 27.6. The van der Waals surface area contributed by atoms with Gasteiger partial charge >= 0.3 is 12.1 Å². The van der Waals surface area contributed by atoms with Crippen LogP contribution in [0.2, 0.25) is 0 Å². The van der Waals surface area contributed by atoms with Crippen LogP contribution < -0.4 is 5.32 Å². The Hall–Kier alpha value is -2.12. The third-order valence-corrected chi connectivity index (χ3v) is 5.22. The molecule has 0 bridgehead atoms. The van der Waals surface area contributed by atoms with Crippen LogP contribution >= 0.6 is 0 Å². The van der Waals surface area contributed by atoms with E-state index in [9.17, 15) is 9.59 Å². The molecule has 3 atom stereocenters. The van der Waals surface area contributed by atoms with Gasteiger partial charge in [0.05, 0.1) is 24.7 Å². The highest BCUT2D eigenvalue weighted by Gasteiger charge is 2.45. The van der Waals surface area contributed by atoms with Gasteiger partial charge in [-0.25, -0.2) is 4.79 Å². The number of likely N-dealkylation sites (tertiary alicyclic amines) is 1. The predicted octanol–water partition coefficient (Wildman–Crippen LogP) is 3.57. The molecule has 1 aromatic carbocycles. The fraction of sp³-hybridized carbons (Fsp3) is 0.636. The molecule has 1 aromatic rings. The molecule has 0 aromatic heterocycles. The SMILES string of the molecule is CC(C)(C)OC(=O)N1CCCCC1(C)NC1CC(=O)OC1OCc1ccccc1. The Balaban J connectivity index is 1.68. The zero-order chi connectivity index (χ0) is 21.1. The molecule has 29 heavy (non-hydrogen) atoms. The summed E-state index contributed by atoms with van der Waals surface area (Å²) in [6.45, 7) is 8.51. The van der Waals surface area contributed by atoms with Crippen molar-refractivity contribution in [3.8, 4) is 0 Å². The van der Waals surface area contributed by atoms with Gasteiger partial charge in [-0.05, 0) is 52.5 Å². The van der Waals surface area contributed by atoms with E-state index in [2.05, 4.69) is 5.32 Å². The van der Waals surface area contributed by atoms with Crippen LogP contribution in [0.15, 0.2) is 30.3 Å². The van der Waals surface area contributed by atoms with E-state index in [-0.39, 0.29) is 24.5 Å². The number of esters is 1. The Morgan fingerprint density at radius 2 is 2.00 bits per heavy atom. The lowest BCUT2D eigenvalue weighted by molar-refractivity contribution is -0.169. The number of piperidine rings is 1. The second-order valence-corrected chi connectivity index (χ2v) is 8.97. The highest BCUT2D eigenvalue weighted by atomic mass is 16.7. The van der Waals surface area contributed by atoms with Crippen molar-refractivity contribution in [3.63, 3.8) is 0 Å². The van der Waals surface area contributed by atoms with Gasteiger partial charge in [0.25, 0.3) is 0 Å². The van der Waals surface area contributed by atoms with Crippen molar-refractivity contribution in [2.75, 3.05) is 6.54 Å². The van der Waals surface area contributed by atoms with Gasteiger partial charge in [0.2, 0.25) is 6.29 Å². The van der Waals surface area contributed by atoms with Gasteiger partial charge in [-0.15, -0.1) is 0 Å². The largest absolute Gasteiger partial charge is 0.444 e. The monoisotopic (exact) mass is 404 g/mol. The summed E-state index contributed by atoms with van der Waals surface area (Å²) in [4.78, 5) is 26.5. The standard InChI is InChI=1S/C22H32N2O5/c1-21(2,3)29-20(26)24-13-9-8-12-22(24,4)23-17-14-18(25)28-19(17)27-15-16-10-6-5-7-11-16/h5-7,10-11,17,19,23H,8-9,12-15H2,1-4H3. The molecule has 7 heteroatoms. The van der Waals surface area contributed by atoms with Crippen LogP contribution in [0.3, 0.4) is 0 Å². The van der Waals surface area contributed by atoms with Gasteiger partial charge in [-0.3, -0.25) is 15.0 Å². The number of hydrogen-bond acceptors (Lipinski definition) is 6. The fourth-order valence-corrected chi connectivity index (χ4v) is 3.84. The van der Waals surface area contributed by atoms with Crippen molar-refractivity contribution in [1.82, 2.24) is 10.2 Å². The zero-order valence-corrected chi connectivity index (χ0v) is 17.8. The maximum atomic E-state index is 12.8. The molecule has 7 nitrogen and oxygen atoms in total. The lowest BCUT2D eigenvalue weighted by atomic mass is 9.95. The number of amides is 1. The number of nitrogens with zero attached hydrogens (tertiary/aromatic N) is 1. The van der Waals surface area contributed by atoms with Crippen LogP contribution in [0.25, 0.3) is 0 Å². The summed E-state index contributed by atoms with van der Waals surface area (Å²) in [7, 11) is 0. The van der Waals surface area contributed by atoms with Crippen LogP contribution in [0.1, 0.15) is 58.9 Å². The summed E-state index contributed by atoms with van der Waals surface area (Å²) < 4.78 is 16.9. The van der Waals surface area contributed by atoms with E-state index >= 15 is 0 Å². The summed E-state index contributed by atoms with van der Waals surface area (Å²) in [5, 5.41) is 3.48. The maximum Gasteiger partial charge on any atom is 0.411 e. The van der Waals surface area contributed by atoms with Crippen LogP contribution in [0, 0.1) is 0 Å². The summed E-state index contributed by atoms with van der Waals surface area (Å²) >= 11 is 0. The number of nitrogens with one attached hydrogen (secondary N) is 1. The van der Waals surface area contributed by atoms with Crippen molar-refractivity contribution in [2.45, 2.75) is 83.6 Å². The molecule has 0 spiro atoms. The predicted molar refractivity (Wildman–Crippen MR) is 108 cm³/mol. The Bertz CT molecular complexity index is 718. The van der Waals surface area contributed by atoms with E-state index in [0.717, 1.165) is 24.8 Å². The Labute approximate surface area is 172 Å². The molecule has 0 saturated carbocycles. The molecule has 2 fully saturated rings. The average molecular weight is 405 g/mol. The van der Waals surface area contributed by atoms with Crippen LogP contribution in [-0.2, 0) is 25.6 Å². The van der Waals surface area contributed by atoms with Crippen molar-refractivity contribution in [2.24, 2.45) is 0 Å². The van der Waals surface area contributed by atoms with Crippen LogP contribution in [0.4, 0.5) is 4.79 Å². The first-order valence-corrected chi connectivity index (χ1v) is 10.3. The van der Waals surface area contributed by atoms with Gasteiger partial charge in [-0.1, -0.05) is 30.3 Å². The number of cyclic esters (lactones) is 1. The van der Waals surface area contributed by atoms with Gasteiger partial charge in [0.15, 0.2) is 0 Å². The van der Waals surface area contributed by atoms with E-state index in [1.165, 1.54) is 0 Å². The second-order valence-electron chi connectivity index (χ2n) is 8.97. The molecular weight excluding hydrogens is 372 g/mol. The Kier molecular flexibility index (Phi) is 6.49. The molecule has 160 valence electrons. The first kappa shape index (κ1) is 21.6. The molecule has 2 heterocycles. The van der Waals surface area contributed by atoms with Crippen LogP contribution in [-0.4, -0.2) is 47.1 Å². The van der Waals surface area contributed by atoms with E-state index in [0.29, 0.717) is 13.2 Å². The van der Waals surface area contributed by atoms with Crippen molar-refractivity contribution >= 4 is 12.1 Å². The van der Waals surface area contributed by atoms with Gasteiger partial charge in [0.1, 0.15) is 5.60 Å².